The largest absolute Gasteiger partial charge is 0.348 e. The predicted molar refractivity (Wildman–Crippen MR) is 67.9 cm³/mol. The van der Waals surface area contributed by atoms with E-state index in [2.05, 4.69) is 41.5 Å². The Hall–Kier alpha value is -1.04. The molecule has 0 spiro atoms. The number of hydrogen-bond acceptors (Lipinski definition) is 1. The number of nitrogens with one attached hydrogen (secondary N) is 1. The van der Waals surface area contributed by atoms with Crippen molar-refractivity contribution >= 4 is 29.7 Å². The van der Waals surface area contributed by atoms with E-state index in [0.29, 0.717) is 0 Å². The Bertz CT molecular complexity index is 512. The lowest BCUT2D eigenvalue weighted by Crippen LogP contribution is -2.12. The molecule has 3 heteroatoms. The molecule has 0 aliphatic carbocycles. The number of benzene rings is 2. The Kier molecular flexibility index (Phi) is 2.16. The van der Waals surface area contributed by atoms with E-state index >= 15 is 0 Å². The van der Waals surface area contributed by atoms with E-state index in [4.69, 9.17) is 11.2 Å². The molecule has 0 radical (unpaired) electrons. The molecule has 0 aromatic heterocycles. The minimum Gasteiger partial charge on any atom is -0.348 e. The minimum atomic E-state index is -0.772. The monoisotopic (exact) mass is 233 g/mol. The molecule has 1 unspecified atom stereocenters. The van der Waals surface area contributed by atoms with Crippen molar-refractivity contribution in [3.8, 4) is 11.1 Å². The lowest BCUT2D eigenvalue weighted by molar-refractivity contribution is 1.61. The van der Waals surface area contributed by atoms with Crippen molar-refractivity contribution in [1.82, 2.24) is 0 Å². The predicted octanol–water partition coefficient (Wildman–Crippen LogP) is 3.96. The Morgan fingerprint density at radius 1 is 0.867 bits per heavy atom. The molecule has 0 amide bonds. The number of hydrogen-bond donors (Lipinski definition) is 1. The van der Waals surface area contributed by atoms with Crippen LogP contribution in [0.1, 0.15) is 0 Å². The number of rotatable bonds is 0. The lowest BCUT2D eigenvalue weighted by atomic mass is 10.0. The summed E-state index contributed by atoms with van der Waals surface area (Å²) < 4.78 is 0. The highest BCUT2D eigenvalue weighted by atomic mass is 35.7. The van der Waals surface area contributed by atoms with Crippen LogP contribution >= 0.6 is 18.7 Å². The first kappa shape index (κ1) is 9.21. The van der Waals surface area contributed by atoms with Crippen molar-refractivity contribution in [3.05, 3.63) is 48.5 Å². The van der Waals surface area contributed by atoms with E-state index in [9.17, 15) is 0 Å². The maximum Gasteiger partial charge on any atom is 0.119 e. The highest BCUT2D eigenvalue weighted by Crippen LogP contribution is 2.49. The normalized spacial score (nSPS) is 17.5. The fourth-order valence-corrected chi connectivity index (χ4v) is 3.72. The first-order valence-corrected chi connectivity index (χ1v) is 7.02. The van der Waals surface area contributed by atoms with E-state index in [1.165, 1.54) is 16.4 Å². The summed E-state index contributed by atoms with van der Waals surface area (Å²) in [5.74, 6) is 0. The molecule has 1 aliphatic heterocycles. The number of halogens is 1. The Balaban J connectivity index is 2.30. The molecule has 1 aliphatic rings. The van der Waals surface area contributed by atoms with Gasteiger partial charge in [0.1, 0.15) is 7.43 Å². The van der Waals surface area contributed by atoms with Gasteiger partial charge in [0.25, 0.3) is 0 Å². The van der Waals surface area contributed by atoms with Crippen LogP contribution in [0.25, 0.3) is 11.1 Å². The molecular formula is C12H9ClNP. The first-order chi connectivity index (χ1) is 7.36. The van der Waals surface area contributed by atoms with Gasteiger partial charge >= 0.3 is 0 Å². The second-order valence-corrected chi connectivity index (χ2v) is 5.74. The van der Waals surface area contributed by atoms with Gasteiger partial charge in [-0.25, -0.2) is 0 Å². The molecule has 1 atom stereocenters. The molecule has 74 valence electrons. The Morgan fingerprint density at radius 3 is 2.40 bits per heavy atom. The molecule has 15 heavy (non-hydrogen) atoms. The van der Waals surface area contributed by atoms with Crippen LogP contribution in [0.2, 0.25) is 0 Å². The highest BCUT2D eigenvalue weighted by Gasteiger charge is 2.21. The van der Waals surface area contributed by atoms with Crippen molar-refractivity contribution in [2.45, 2.75) is 0 Å². The fraction of sp³-hybridized carbons (Fsp3) is 0. The van der Waals surface area contributed by atoms with Crippen LogP contribution in [-0.2, 0) is 0 Å². The molecule has 0 saturated heterocycles. The van der Waals surface area contributed by atoms with Crippen molar-refractivity contribution < 1.29 is 0 Å². The van der Waals surface area contributed by atoms with E-state index in [0.717, 1.165) is 5.69 Å². The van der Waals surface area contributed by atoms with E-state index < -0.39 is 7.43 Å². The molecule has 1 N–H and O–H groups in total. The average molecular weight is 234 g/mol. The Morgan fingerprint density at radius 2 is 1.53 bits per heavy atom. The summed E-state index contributed by atoms with van der Waals surface area (Å²) >= 11 is 6.33. The summed E-state index contributed by atoms with van der Waals surface area (Å²) in [5.41, 5.74) is 3.64. The Labute approximate surface area is 94.7 Å². The molecule has 2 aromatic rings. The smallest absolute Gasteiger partial charge is 0.119 e. The third-order valence-electron chi connectivity index (χ3n) is 2.55. The maximum atomic E-state index is 6.33. The van der Waals surface area contributed by atoms with E-state index in [1.54, 1.807) is 0 Å². The molecule has 0 saturated carbocycles. The van der Waals surface area contributed by atoms with Crippen LogP contribution in [-0.4, -0.2) is 0 Å². The van der Waals surface area contributed by atoms with Crippen LogP contribution in [0.4, 0.5) is 5.69 Å². The number of anilines is 1. The topological polar surface area (TPSA) is 12.0 Å². The van der Waals surface area contributed by atoms with Crippen molar-refractivity contribution in [2.75, 3.05) is 5.09 Å². The van der Waals surface area contributed by atoms with Gasteiger partial charge in [-0.3, -0.25) is 0 Å². The van der Waals surface area contributed by atoms with Gasteiger partial charge in [0.2, 0.25) is 0 Å². The summed E-state index contributed by atoms with van der Waals surface area (Å²) in [6.07, 6.45) is 0. The summed E-state index contributed by atoms with van der Waals surface area (Å²) in [4.78, 5) is 0. The molecule has 2 aromatic carbocycles. The minimum absolute atomic E-state index is 0.772. The molecule has 3 rings (SSSR count). The fourth-order valence-electron chi connectivity index (χ4n) is 1.85. The zero-order chi connectivity index (χ0) is 10.3. The van der Waals surface area contributed by atoms with E-state index in [-0.39, 0.29) is 0 Å². The van der Waals surface area contributed by atoms with Gasteiger partial charge in [0.15, 0.2) is 0 Å². The van der Waals surface area contributed by atoms with Crippen LogP contribution < -0.4 is 10.4 Å². The zero-order valence-corrected chi connectivity index (χ0v) is 9.59. The molecular weight excluding hydrogens is 225 g/mol. The molecule has 0 fully saturated rings. The van der Waals surface area contributed by atoms with Gasteiger partial charge in [0, 0.05) is 16.6 Å². The summed E-state index contributed by atoms with van der Waals surface area (Å²) in [6.45, 7) is 0. The van der Waals surface area contributed by atoms with Crippen molar-refractivity contribution in [2.24, 2.45) is 0 Å². The SMILES string of the molecule is ClP1Nc2ccccc2-c2ccccc21. The van der Waals surface area contributed by atoms with Crippen LogP contribution in [0.15, 0.2) is 48.5 Å². The lowest BCUT2D eigenvalue weighted by Gasteiger charge is -2.24. The maximum absolute atomic E-state index is 6.33. The number of para-hydroxylation sites is 1. The van der Waals surface area contributed by atoms with Crippen LogP contribution in [0.3, 0.4) is 0 Å². The molecule has 1 nitrogen and oxygen atoms in total. The van der Waals surface area contributed by atoms with Gasteiger partial charge in [0.05, 0.1) is 0 Å². The average Bonchev–Trinajstić information content (AvgIpc) is 2.30. The summed E-state index contributed by atoms with van der Waals surface area (Å²) in [6, 6.07) is 16.6. The second kappa shape index (κ2) is 3.52. The van der Waals surface area contributed by atoms with Gasteiger partial charge < -0.3 is 5.09 Å². The molecule has 0 bridgehead atoms. The van der Waals surface area contributed by atoms with Gasteiger partial charge in [-0.05, 0) is 11.6 Å². The number of fused-ring (bicyclic) bond motifs is 3. The van der Waals surface area contributed by atoms with Gasteiger partial charge in [-0.1, -0.05) is 53.7 Å². The summed E-state index contributed by atoms with van der Waals surface area (Å²) in [5, 5.41) is 4.56. The standard InChI is InChI=1S/C12H9ClNP/c13-15-12-8-4-2-6-10(12)9-5-1-3-7-11(9)14-15/h1-8,14H. The van der Waals surface area contributed by atoms with Crippen molar-refractivity contribution in [3.63, 3.8) is 0 Å². The highest BCUT2D eigenvalue weighted by molar-refractivity contribution is 7.91. The zero-order valence-electron chi connectivity index (χ0n) is 7.94. The van der Waals surface area contributed by atoms with Gasteiger partial charge in [-0.15, -0.1) is 0 Å². The third-order valence-corrected chi connectivity index (χ3v) is 4.60. The second-order valence-electron chi connectivity index (χ2n) is 3.46. The summed E-state index contributed by atoms with van der Waals surface area (Å²) in [7, 11) is -0.772. The quantitative estimate of drug-likeness (QED) is 0.680. The van der Waals surface area contributed by atoms with E-state index in [1.807, 2.05) is 12.1 Å². The van der Waals surface area contributed by atoms with Gasteiger partial charge in [-0.2, -0.15) is 0 Å². The van der Waals surface area contributed by atoms with Crippen LogP contribution in [0, 0.1) is 0 Å². The third kappa shape index (κ3) is 1.43. The molecule has 1 heterocycles. The van der Waals surface area contributed by atoms with Crippen molar-refractivity contribution in [1.29, 1.82) is 0 Å². The van der Waals surface area contributed by atoms with Crippen LogP contribution in [0.5, 0.6) is 0 Å². The first-order valence-electron chi connectivity index (χ1n) is 4.77.